The summed E-state index contributed by atoms with van der Waals surface area (Å²) in [5.74, 6) is 0.925. The lowest BCUT2D eigenvalue weighted by atomic mass is 9.46. The summed E-state index contributed by atoms with van der Waals surface area (Å²) in [6.45, 7) is 6.44. The zero-order valence-electron chi connectivity index (χ0n) is 28.6. The highest BCUT2D eigenvalue weighted by atomic mass is 16.5. The van der Waals surface area contributed by atoms with Crippen LogP contribution in [0.4, 0.5) is 0 Å². The molecule has 250 valence electrons. The van der Waals surface area contributed by atoms with Crippen molar-refractivity contribution in [2.75, 3.05) is 6.61 Å². The first-order valence-corrected chi connectivity index (χ1v) is 18.8. The Labute approximate surface area is 268 Å². The zero-order valence-corrected chi connectivity index (χ0v) is 28.6. The number of carbonyl (C=O) groups is 3. The summed E-state index contributed by atoms with van der Waals surface area (Å²) in [5.41, 5.74) is -0.486. The second kappa shape index (κ2) is 16.4. The largest absolute Gasteiger partial charge is 0.458 e. The second-order valence-corrected chi connectivity index (χ2v) is 15.6. The van der Waals surface area contributed by atoms with Gasteiger partial charge in [0.15, 0.2) is 12.4 Å². The highest BCUT2D eigenvalue weighted by Gasteiger charge is 2.66. The number of unbranched alkanes of at least 4 members (excludes halogenated alkanes) is 14. The van der Waals surface area contributed by atoms with Crippen molar-refractivity contribution >= 4 is 17.5 Å². The van der Waals surface area contributed by atoms with Crippen LogP contribution in [0.1, 0.15) is 175 Å². The second-order valence-electron chi connectivity index (χ2n) is 15.6. The minimum atomic E-state index is -1.42. The van der Waals surface area contributed by atoms with E-state index in [2.05, 4.69) is 20.8 Å². The van der Waals surface area contributed by atoms with Crippen LogP contribution < -0.4 is 0 Å². The van der Waals surface area contributed by atoms with Gasteiger partial charge in [0.05, 0.1) is 0 Å². The van der Waals surface area contributed by atoms with E-state index >= 15 is 0 Å². The Morgan fingerprint density at radius 3 is 1.95 bits per heavy atom. The van der Waals surface area contributed by atoms with Gasteiger partial charge in [0.1, 0.15) is 5.60 Å². The van der Waals surface area contributed by atoms with Gasteiger partial charge in [-0.25, -0.2) is 0 Å². The maximum atomic E-state index is 13.5. The van der Waals surface area contributed by atoms with E-state index in [4.69, 9.17) is 4.74 Å². The molecule has 6 atom stereocenters. The molecule has 0 aromatic heterocycles. The van der Waals surface area contributed by atoms with Crippen molar-refractivity contribution in [2.24, 2.45) is 28.6 Å². The van der Waals surface area contributed by atoms with Gasteiger partial charge in [0.25, 0.3) is 0 Å². The molecule has 0 aromatic rings. The molecule has 3 fully saturated rings. The molecular formula is C39H64O5. The zero-order chi connectivity index (χ0) is 31.6. The van der Waals surface area contributed by atoms with Crippen LogP contribution in [0.5, 0.6) is 0 Å². The molecule has 1 N–H and O–H groups in total. The van der Waals surface area contributed by atoms with Crippen molar-refractivity contribution in [2.45, 2.75) is 180 Å². The molecule has 4 rings (SSSR count). The summed E-state index contributed by atoms with van der Waals surface area (Å²) in [6.07, 6.45) is 28.2. The summed E-state index contributed by atoms with van der Waals surface area (Å²) in [5, 5.41) is 11.9. The van der Waals surface area contributed by atoms with Gasteiger partial charge in [-0.05, 0) is 80.6 Å². The SMILES string of the molecule is CCCCCCCCCCCCCCCCCC(=O)OCC(=O)[C@]1(O)CC[C@H]2[C@@H]3CCC4=CC(=O)CC[C@]4(C)[C@H]3CC[C@@]21C. The molecule has 0 heterocycles. The van der Waals surface area contributed by atoms with Crippen molar-refractivity contribution in [3.05, 3.63) is 11.6 Å². The number of rotatable bonds is 19. The number of esters is 1. The number of aliphatic hydroxyl groups is 1. The molecule has 0 aliphatic heterocycles. The number of hydrogen-bond donors (Lipinski definition) is 1. The van der Waals surface area contributed by atoms with Gasteiger partial charge >= 0.3 is 5.97 Å². The molecule has 4 aliphatic rings. The molecule has 0 spiro atoms. The summed E-state index contributed by atoms with van der Waals surface area (Å²) >= 11 is 0. The van der Waals surface area contributed by atoms with E-state index < -0.39 is 11.0 Å². The Kier molecular flexibility index (Phi) is 13.2. The van der Waals surface area contributed by atoms with Crippen LogP contribution in [0.2, 0.25) is 0 Å². The van der Waals surface area contributed by atoms with E-state index in [0.717, 1.165) is 57.8 Å². The number of fused-ring (bicyclic) bond motifs is 5. The number of allylic oxidation sites excluding steroid dienone is 1. The normalized spacial score (nSPS) is 32.9. The van der Waals surface area contributed by atoms with E-state index in [1.807, 2.05) is 6.08 Å². The predicted molar refractivity (Wildman–Crippen MR) is 177 cm³/mol. The Morgan fingerprint density at radius 1 is 0.773 bits per heavy atom. The molecule has 0 aromatic carbocycles. The smallest absolute Gasteiger partial charge is 0.306 e. The highest BCUT2D eigenvalue weighted by molar-refractivity contribution is 5.92. The van der Waals surface area contributed by atoms with Crippen molar-refractivity contribution in [1.82, 2.24) is 0 Å². The lowest BCUT2D eigenvalue weighted by Gasteiger charge is -2.58. The number of ether oxygens (including phenoxy) is 1. The highest BCUT2D eigenvalue weighted by Crippen LogP contribution is 2.67. The maximum Gasteiger partial charge on any atom is 0.306 e. The van der Waals surface area contributed by atoms with Crippen molar-refractivity contribution < 1.29 is 24.2 Å². The minimum absolute atomic E-state index is 0.0748. The van der Waals surface area contributed by atoms with E-state index in [1.54, 1.807) is 0 Å². The van der Waals surface area contributed by atoms with Crippen LogP contribution in [-0.2, 0) is 19.1 Å². The lowest BCUT2D eigenvalue weighted by molar-refractivity contribution is -0.170. The molecular weight excluding hydrogens is 548 g/mol. The van der Waals surface area contributed by atoms with Gasteiger partial charge in [-0.15, -0.1) is 0 Å². The summed E-state index contributed by atoms with van der Waals surface area (Å²) < 4.78 is 5.44. The fraction of sp³-hybridized carbons (Fsp3) is 0.872. The van der Waals surface area contributed by atoms with E-state index in [-0.39, 0.29) is 29.6 Å². The molecule has 3 saturated carbocycles. The van der Waals surface area contributed by atoms with Crippen molar-refractivity contribution in [3.8, 4) is 0 Å². The molecule has 0 bridgehead atoms. The third kappa shape index (κ3) is 8.07. The van der Waals surface area contributed by atoms with Gasteiger partial charge in [0, 0.05) is 18.3 Å². The third-order valence-corrected chi connectivity index (χ3v) is 12.9. The number of ketones is 2. The first kappa shape index (κ1) is 35.4. The topological polar surface area (TPSA) is 80.7 Å². The Morgan fingerprint density at radius 2 is 1.34 bits per heavy atom. The monoisotopic (exact) mass is 612 g/mol. The van der Waals surface area contributed by atoms with Gasteiger partial charge in [0.2, 0.25) is 5.78 Å². The summed E-state index contributed by atoms with van der Waals surface area (Å²) in [7, 11) is 0. The third-order valence-electron chi connectivity index (χ3n) is 12.9. The van der Waals surface area contributed by atoms with E-state index in [0.29, 0.717) is 37.0 Å². The Bertz CT molecular complexity index is 1000. The van der Waals surface area contributed by atoms with Crippen LogP contribution in [0.25, 0.3) is 0 Å². The Balaban J connectivity index is 1.10. The number of hydrogen-bond acceptors (Lipinski definition) is 5. The van der Waals surface area contributed by atoms with Gasteiger partial charge in [-0.1, -0.05) is 116 Å². The quantitative estimate of drug-likeness (QED) is 0.116. The minimum Gasteiger partial charge on any atom is -0.458 e. The first-order valence-electron chi connectivity index (χ1n) is 18.8. The van der Waals surface area contributed by atoms with Crippen LogP contribution in [0, 0.1) is 28.6 Å². The standard InChI is InChI=1S/C39H64O5/c1-4-5-6-7-8-9-10-11-12-13-14-15-16-17-18-19-36(42)44-29-35(41)39(43)27-24-34-32-21-20-30-28-31(40)22-25-37(30,2)33(32)23-26-38(34,39)3/h28,32-34,43H,4-27,29H2,1-3H3/t32-,33+,34+,37+,38+,39-/m1/s1. The molecule has 44 heavy (non-hydrogen) atoms. The molecule has 0 saturated heterocycles. The van der Waals surface area contributed by atoms with E-state index in [9.17, 15) is 19.5 Å². The fourth-order valence-corrected chi connectivity index (χ4v) is 10.0. The van der Waals surface area contributed by atoms with Gasteiger partial charge in [-0.3, -0.25) is 14.4 Å². The predicted octanol–water partition coefficient (Wildman–Crippen LogP) is 9.62. The molecule has 0 unspecified atom stereocenters. The fourth-order valence-electron chi connectivity index (χ4n) is 10.0. The molecule has 0 amide bonds. The number of carbonyl (C=O) groups excluding carboxylic acids is 3. The van der Waals surface area contributed by atoms with Crippen molar-refractivity contribution in [1.29, 1.82) is 0 Å². The van der Waals surface area contributed by atoms with Crippen LogP contribution in [-0.4, -0.2) is 34.9 Å². The van der Waals surface area contributed by atoms with Crippen LogP contribution in [0.3, 0.4) is 0 Å². The van der Waals surface area contributed by atoms with Crippen LogP contribution in [0.15, 0.2) is 11.6 Å². The summed E-state index contributed by atoms with van der Waals surface area (Å²) in [4.78, 5) is 38.0. The Hall–Kier alpha value is -1.49. The maximum absolute atomic E-state index is 13.5. The summed E-state index contributed by atoms with van der Waals surface area (Å²) in [6, 6.07) is 0. The first-order chi connectivity index (χ1) is 21.2. The average Bonchev–Trinajstić information content (AvgIpc) is 3.29. The van der Waals surface area contributed by atoms with Gasteiger partial charge < -0.3 is 9.84 Å². The van der Waals surface area contributed by atoms with E-state index in [1.165, 1.54) is 82.6 Å². The molecule has 0 radical (unpaired) electrons. The van der Waals surface area contributed by atoms with Crippen LogP contribution >= 0.6 is 0 Å². The average molecular weight is 613 g/mol. The number of Topliss-reactive ketones (excluding diaryl/α,β-unsaturated/α-hetero) is 1. The van der Waals surface area contributed by atoms with Crippen molar-refractivity contribution in [3.63, 3.8) is 0 Å². The molecule has 5 heteroatoms. The molecule has 4 aliphatic carbocycles. The lowest BCUT2D eigenvalue weighted by Crippen LogP contribution is -2.58. The molecule has 5 nitrogen and oxygen atoms in total. The van der Waals surface area contributed by atoms with Gasteiger partial charge in [-0.2, -0.15) is 0 Å².